The van der Waals surface area contributed by atoms with E-state index in [1.807, 2.05) is 11.8 Å². The van der Waals surface area contributed by atoms with Gasteiger partial charge in [-0.15, -0.1) is 0 Å². The lowest BCUT2D eigenvalue weighted by Crippen LogP contribution is -2.51. The summed E-state index contributed by atoms with van der Waals surface area (Å²) in [4.78, 5) is 27.4. The molecule has 0 aromatic heterocycles. The highest BCUT2D eigenvalue weighted by molar-refractivity contribution is 5.87. The molecule has 1 saturated carbocycles. The van der Waals surface area contributed by atoms with Crippen LogP contribution in [0, 0.1) is 11.8 Å². The molecule has 0 unspecified atom stereocenters. The maximum atomic E-state index is 12.8. The molecule has 1 heterocycles. The van der Waals surface area contributed by atoms with Crippen LogP contribution in [0.2, 0.25) is 0 Å². The minimum atomic E-state index is -4.37. The SMILES string of the molecule is C[C@@H]1C[C@@H]1C(=O)NCC(=O)N1CCN(c2cccc(C(F)(F)F)c2)CC1. The van der Waals surface area contributed by atoms with Gasteiger partial charge >= 0.3 is 6.18 Å². The first-order chi connectivity index (χ1) is 12.3. The molecule has 142 valence electrons. The van der Waals surface area contributed by atoms with Crippen LogP contribution in [0.4, 0.5) is 18.9 Å². The number of nitrogens with one attached hydrogen (secondary N) is 1. The summed E-state index contributed by atoms with van der Waals surface area (Å²) in [6.45, 7) is 3.74. The van der Waals surface area contributed by atoms with E-state index in [4.69, 9.17) is 0 Å². The fraction of sp³-hybridized carbons (Fsp3) is 0.556. The number of anilines is 1. The van der Waals surface area contributed by atoms with Crippen molar-refractivity contribution < 1.29 is 22.8 Å². The van der Waals surface area contributed by atoms with E-state index in [-0.39, 0.29) is 24.3 Å². The van der Waals surface area contributed by atoms with Crippen LogP contribution in [0.25, 0.3) is 0 Å². The van der Waals surface area contributed by atoms with E-state index in [2.05, 4.69) is 5.32 Å². The summed E-state index contributed by atoms with van der Waals surface area (Å²) in [7, 11) is 0. The Morgan fingerprint density at radius 3 is 2.42 bits per heavy atom. The summed E-state index contributed by atoms with van der Waals surface area (Å²) in [5.41, 5.74) is -0.173. The average molecular weight is 369 g/mol. The number of rotatable bonds is 4. The van der Waals surface area contributed by atoms with Gasteiger partial charge in [-0.25, -0.2) is 0 Å². The molecule has 1 aromatic rings. The molecule has 0 bridgehead atoms. The van der Waals surface area contributed by atoms with Crippen LogP contribution >= 0.6 is 0 Å². The third kappa shape index (κ3) is 4.28. The first kappa shape index (κ1) is 18.5. The van der Waals surface area contributed by atoms with Crippen molar-refractivity contribution in [3.05, 3.63) is 29.8 Å². The largest absolute Gasteiger partial charge is 0.416 e. The monoisotopic (exact) mass is 369 g/mol. The third-order valence-corrected chi connectivity index (χ3v) is 5.03. The van der Waals surface area contributed by atoms with E-state index in [0.717, 1.165) is 18.6 Å². The summed E-state index contributed by atoms with van der Waals surface area (Å²) < 4.78 is 38.5. The predicted molar refractivity (Wildman–Crippen MR) is 90.5 cm³/mol. The topological polar surface area (TPSA) is 52.7 Å². The first-order valence-corrected chi connectivity index (χ1v) is 8.73. The number of benzene rings is 1. The van der Waals surface area contributed by atoms with Crippen LogP contribution in [0.15, 0.2) is 24.3 Å². The van der Waals surface area contributed by atoms with Crippen molar-refractivity contribution in [2.24, 2.45) is 11.8 Å². The van der Waals surface area contributed by atoms with Gasteiger partial charge in [0.05, 0.1) is 12.1 Å². The van der Waals surface area contributed by atoms with Crippen LogP contribution in [0.3, 0.4) is 0 Å². The second-order valence-corrected chi connectivity index (χ2v) is 6.95. The molecule has 5 nitrogen and oxygen atoms in total. The Morgan fingerprint density at radius 2 is 1.85 bits per heavy atom. The lowest BCUT2D eigenvalue weighted by atomic mass is 10.1. The molecule has 2 aliphatic rings. The minimum Gasteiger partial charge on any atom is -0.368 e. The molecule has 0 radical (unpaired) electrons. The maximum Gasteiger partial charge on any atom is 0.416 e. The molecule has 3 rings (SSSR count). The number of amides is 2. The molecule has 8 heteroatoms. The summed E-state index contributed by atoms with van der Waals surface area (Å²) in [6, 6.07) is 5.22. The smallest absolute Gasteiger partial charge is 0.368 e. The minimum absolute atomic E-state index is 0.0222. The third-order valence-electron chi connectivity index (χ3n) is 5.03. The van der Waals surface area contributed by atoms with Gasteiger partial charge in [0, 0.05) is 37.8 Å². The van der Waals surface area contributed by atoms with Crippen LogP contribution in [0.1, 0.15) is 18.9 Å². The van der Waals surface area contributed by atoms with Crippen molar-refractivity contribution in [1.82, 2.24) is 10.2 Å². The van der Waals surface area contributed by atoms with E-state index in [0.29, 0.717) is 37.8 Å². The van der Waals surface area contributed by atoms with Gasteiger partial charge in [-0.1, -0.05) is 13.0 Å². The summed E-state index contributed by atoms with van der Waals surface area (Å²) in [6.07, 6.45) is -3.50. The molecule has 1 N–H and O–H groups in total. The zero-order chi connectivity index (χ0) is 18.9. The van der Waals surface area contributed by atoms with E-state index >= 15 is 0 Å². The number of halogens is 3. The lowest BCUT2D eigenvalue weighted by Gasteiger charge is -2.36. The zero-order valence-electron chi connectivity index (χ0n) is 14.6. The fourth-order valence-corrected chi connectivity index (χ4v) is 3.19. The second kappa shape index (κ2) is 7.17. The van der Waals surface area contributed by atoms with Gasteiger partial charge in [-0.05, 0) is 30.5 Å². The van der Waals surface area contributed by atoms with Crippen molar-refractivity contribution in [2.45, 2.75) is 19.5 Å². The summed E-state index contributed by atoms with van der Waals surface area (Å²) >= 11 is 0. The maximum absolute atomic E-state index is 12.8. The fourth-order valence-electron chi connectivity index (χ4n) is 3.19. The number of carbonyl (C=O) groups excluding carboxylic acids is 2. The van der Waals surface area contributed by atoms with Crippen molar-refractivity contribution in [1.29, 1.82) is 0 Å². The van der Waals surface area contributed by atoms with E-state index < -0.39 is 11.7 Å². The van der Waals surface area contributed by atoms with Crippen LogP contribution in [0.5, 0.6) is 0 Å². The zero-order valence-corrected chi connectivity index (χ0v) is 14.6. The number of piperazine rings is 1. The first-order valence-electron chi connectivity index (χ1n) is 8.73. The quantitative estimate of drug-likeness (QED) is 0.885. The number of nitrogens with zero attached hydrogens (tertiary/aromatic N) is 2. The second-order valence-electron chi connectivity index (χ2n) is 6.95. The Kier molecular flexibility index (Phi) is 5.11. The van der Waals surface area contributed by atoms with E-state index in [1.165, 1.54) is 6.07 Å². The Hall–Kier alpha value is -2.25. The molecule has 1 saturated heterocycles. The molecule has 26 heavy (non-hydrogen) atoms. The summed E-state index contributed by atoms with van der Waals surface area (Å²) in [5, 5.41) is 2.67. The van der Waals surface area contributed by atoms with E-state index in [9.17, 15) is 22.8 Å². The van der Waals surface area contributed by atoms with Crippen molar-refractivity contribution in [2.75, 3.05) is 37.6 Å². The van der Waals surface area contributed by atoms with Gasteiger partial charge in [0.1, 0.15) is 0 Å². The van der Waals surface area contributed by atoms with Crippen LogP contribution in [-0.4, -0.2) is 49.4 Å². The van der Waals surface area contributed by atoms with Gasteiger partial charge in [0.25, 0.3) is 0 Å². The Balaban J connectivity index is 1.49. The normalized spacial score (nSPS) is 22.9. The lowest BCUT2D eigenvalue weighted by molar-refractivity contribution is -0.137. The Morgan fingerprint density at radius 1 is 1.19 bits per heavy atom. The Labute approximate surface area is 150 Å². The van der Waals surface area contributed by atoms with Gasteiger partial charge < -0.3 is 15.1 Å². The van der Waals surface area contributed by atoms with Crippen molar-refractivity contribution >= 4 is 17.5 Å². The summed E-state index contributed by atoms with van der Waals surface area (Å²) in [5.74, 6) is 0.186. The van der Waals surface area contributed by atoms with E-state index in [1.54, 1.807) is 11.0 Å². The van der Waals surface area contributed by atoms with Crippen molar-refractivity contribution in [3.63, 3.8) is 0 Å². The molecule has 2 atom stereocenters. The van der Waals surface area contributed by atoms with Crippen LogP contribution < -0.4 is 10.2 Å². The molecule has 2 fully saturated rings. The number of hydrogen-bond acceptors (Lipinski definition) is 3. The highest BCUT2D eigenvalue weighted by Crippen LogP contribution is 2.37. The van der Waals surface area contributed by atoms with Gasteiger partial charge in [0.15, 0.2) is 0 Å². The predicted octanol–water partition coefficient (Wildman–Crippen LogP) is 2.13. The average Bonchev–Trinajstić information content (AvgIpc) is 3.36. The molecule has 1 aliphatic carbocycles. The van der Waals surface area contributed by atoms with Crippen LogP contribution in [-0.2, 0) is 15.8 Å². The van der Waals surface area contributed by atoms with Crippen molar-refractivity contribution in [3.8, 4) is 0 Å². The number of carbonyl (C=O) groups is 2. The highest BCUT2D eigenvalue weighted by Gasteiger charge is 2.39. The Bertz CT molecular complexity index is 685. The molecule has 1 aliphatic heterocycles. The number of hydrogen-bond donors (Lipinski definition) is 1. The molecule has 0 spiro atoms. The van der Waals surface area contributed by atoms with Gasteiger partial charge in [0.2, 0.25) is 11.8 Å². The molecule has 2 amide bonds. The molecular formula is C18H22F3N3O2. The number of alkyl halides is 3. The standard InChI is InChI=1S/C18H22F3N3O2/c1-12-9-15(12)17(26)22-11-16(25)24-7-5-23(6-8-24)14-4-2-3-13(10-14)18(19,20)21/h2-4,10,12,15H,5-9,11H2,1H3,(H,22,26)/t12-,15+/m1/s1. The highest BCUT2D eigenvalue weighted by atomic mass is 19.4. The molecular weight excluding hydrogens is 347 g/mol. The van der Waals surface area contributed by atoms with Gasteiger partial charge in [-0.2, -0.15) is 13.2 Å². The van der Waals surface area contributed by atoms with Gasteiger partial charge in [-0.3, -0.25) is 9.59 Å². The molecule has 1 aromatic carbocycles.